The molecule has 0 saturated heterocycles. The molecule has 1 nitrogen and oxygen atoms in total. The average molecular weight is 467 g/mol. The number of halogens is 1. The number of rotatable bonds is 4. The Hall–Kier alpha value is -0.790. The van der Waals surface area contributed by atoms with Gasteiger partial charge in [-0.15, -0.1) is 0 Å². The van der Waals surface area contributed by atoms with Gasteiger partial charge in [0.2, 0.25) is 0 Å². The summed E-state index contributed by atoms with van der Waals surface area (Å²) in [6, 6.07) is 30.1. The van der Waals surface area contributed by atoms with Crippen molar-refractivity contribution in [1.29, 1.82) is 0 Å². The Labute approximate surface area is 158 Å². The van der Waals surface area contributed by atoms with Crippen molar-refractivity contribution in [2.75, 3.05) is 13.3 Å². The molecule has 0 spiro atoms. The van der Waals surface area contributed by atoms with Gasteiger partial charge in [-0.2, -0.15) is 0 Å². The monoisotopic (exact) mass is 467 g/mol. The molecule has 24 heavy (non-hydrogen) atoms. The molecular formula is C20H24INP2. The number of nitrogens with two attached hydrogens (primary N) is 1. The molecule has 0 atom stereocenters. The van der Waals surface area contributed by atoms with Crippen molar-refractivity contribution >= 4 is 55.6 Å². The van der Waals surface area contributed by atoms with Crippen molar-refractivity contribution < 1.29 is 0 Å². The van der Waals surface area contributed by atoms with Crippen LogP contribution in [0.3, 0.4) is 0 Å². The summed E-state index contributed by atoms with van der Waals surface area (Å²) in [6.45, 7) is 4.77. The first-order chi connectivity index (χ1) is 11.4. The molecule has 0 radical (unpaired) electrons. The van der Waals surface area contributed by atoms with Gasteiger partial charge in [0.25, 0.3) is 0 Å². The summed E-state index contributed by atoms with van der Waals surface area (Å²) < 4.78 is 0. The van der Waals surface area contributed by atoms with Gasteiger partial charge in [0, 0.05) is 0 Å². The molecule has 4 heteroatoms. The summed E-state index contributed by atoms with van der Waals surface area (Å²) >= 11 is 2.65. The predicted octanol–water partition coefficient (Wildman–Crippen LogP) is 3.57. The van der Waals surface area contributed by atoms with Gasteiger partial charge in [-0.3, -0.25) is 0 Å². The molecule has 0 aliphatic carbocycles. The summed E-state index contributed by atoms with van der Waals surface area (Å²) in [5, 5.41) is 5.34. The fourth-order valence-electron chi connectivity index (χ4n) is 3.23. The Kier molecular flexibility index (Phi) is 5.42. The summed E-state index contributed by atoms with van der Waals surface area (Å²) in [4.78, 5) is -1.53. The number of hydrogen-bond donors (Lipinski definition) is 1. The second kappa shape index (κ2) is 7.22. The van der Waals surface area contributed by atoms with Gasteiger partial charge >= 0.3 is 159 Å². The van der Waals surface area contributed by atoms with Gasteiger partial charge in [-0.25, -0.2) is 0 Å². The molecule has 0 unspecified atom stereocenters. The van der Waals surface area contributed by atoms with Crippen LogP contribution in [0.15, 0.2) is 84.9 Å². The van der Waals surface area contributed by atoms with Crippen LogP contribution < -0.4 is 26.7 Å². The molecule has 0 bridgehead atoms. The molecule has 0 saturated carbocycles. The minimum atomic E-state index is -2.50. The standard InChI is InChI=1S/C20H24INP2/c1-23(2,21)19-15-9-10-16-20(19)24(22,17-11-5-3-6-12-17)18-13-7-4-8-14-18/h3-16,23-24H,22H2,1-2H3. The van der Waals surface area contributed by atoms with E-state index in [4.69, 9.17) is 5.50 Å². The Morgan fingerprint density at radius 3 is 1.42 bits per heavy atom. The van der Waals surface area contributed by atoms with Crippen LogP contribution in [0.2, 0.25) is 0 Å². The van der Waals surface area contributed by atoms with Crippen LogP contribution >= 0.6 is 34.4 Å². The van der Waals surface area contributed by atoms with E-state index in [0.717, 1.165) is 0 Å². The van der Waals surface area contributed by atoms with E-state index >= 15 is 0 Å². The van der Waals surface area contributed by atoms with Gasteiger partial charge in [0.05, 0.1) is 0 Å². The summed E-state index contributed by atoms with van der Waals surface area (Å²) in [6.07, 6.45) is 0. The first kappa shape index (κ1) is 18.0. The first-order valence-corrected chi connectivity index (χ1v) is 16.3. The van der Waals surface area contributed by atoms with Crippen molar-refractivity contribution in [3.05, 3.63) is 84.9 Å². The molecule has 3 aromatic rings. The van der Waals surface area contributed by atoms with Crippen LogP contribution in [-0.4, -0.2) is 13.3 Å². The zero-order valence-electron chi connectivity index (χ0n) is 14.0. The zero-order valence-corrected chi connectivity index (χ0v) is 18.2. The van der Waals surface area contributed by atoms with Crippen molar-refractivity contribution in [2.24, 2.45) is 5.50 Å². The fourth-order valence-corrected chi connectivity index (χ4v) is 11.4. The molecular weight excluding hydrogens is 443 g/mol. The van der Waals surface area contributed by atoms with E-state index < -0.39 is 12.3 Å². The van der Waals surface area contributed by atoms with Gasteiger partial charge in [-0.1, -0.05) is 0 Å². The van der Waals surface area contributed by atoms with Crippen molar-refractivity contribution in [3.8, 4) is 0 Å². The molecule has 0 amide bonds. The Bertz CT molecular complexity index is 774. The van der Waals surface area contributed by atoms with Crippen molar-refractivity contribution in [3.63, 3.8) is 0 Å². The van der Waals surface area contributed by atoms with E-state index in [1.165, 1.54) is 21.2 Å². The zero-order chi connectivity index (χ0) is 17.2. The van der Waals surface area contributed by atoms with E-state index in [1.54, 1.807) is 0 Å². The van der Waals surface area contributed by atoms with Crippen LogP contribution in [-0.2, 0) is 0 Å². The third-order valence-electron chi connectivity index (χ3n) is 4.45. The van der Waals surface area contributed by atoms with Crippen LogP contribution in [0.4, 0.5) is 0 Å². The Morgan fingerprint density at radius 2 is 1.00 bits per heavy atom. The number of benzene rings is 3. The van der Waals surface area contributed by atoms with Gasteiger partial charge in [0.1, 0.15) is 0 Å². The van der Waals surface area contributed by atoms with Crippen molar-refractivity contribution in [1.82, 2.24) is 0 Å². The van der Waals surface area contributed by atoms with Crippen molar-refractivity contribution in [2.45, 2.75) is 0 Å². The van der Waals surface area contributed by atoms with E-state index in [0.29, 0.717) is 0 Å². The summed E-state index contributed by atoms with van der Waals surface area (Å²) in [7, 11) is -2.50. The summed E-state index contributed by atoms with van der Waals surface area (Å²) in [5.74, 6) is 0. The van der Waals surface area contributed by atoms with Crippen LogP contribution in [0.25, 0.3) is 0 Å². The molecule has 0 aromatic heterocycles. The SMILES string of the molecule is C[PH](C)(I)c1ccccc1[PH](N)(c1ccccc1)c1ccccc1. The maximum absolute atomic E-state index is 7.32. The topological polar surface area (TPSA) is 26.0 Å². The van der Waals surface area contributed by atoms with Gasteiger partial charge in [0.15, 0.2) is 0 Å². The normalized spacial score (nSPS) is 13.5. The van der Waals surface area contributed by atoms with E-state index in [2.05, 4.69) is 120 Å². The van der Waals surface area contributed by atoms with Gasteiger partial charge in [-0.05, 0) is 0 Å². The second-order valence-electron chi connectivity index (χ2n) is 6.56. The van der Waals surface area contributed by atoms with Gasteiger partial charge < -0.3 is 0 Å². The van der Waals surface area contributed by atoms with Crippen LogP contribution in [0.5, 0.6) is 0 Å². The first-order valence-electron chi connectivity index (χ1n) is 8.13. The molecule has 0 aliphatic rings. The van der Waals surface area contributed by atoms with E-state index in [1.807, 2.05) is 0 Å². The predicted molar refractivity (Wildman–Crippen MR) is 125 cm³/mol. The van der Waals surface area contributed by atoms with E-state index in [-0.39, 0.29) is 0 Å². The maximum atomic E-state index is 7.32. The third kappa shape index (κ3) is 3.44. The second-order valence-corrected chi connectivity index (χ2v) is 21.4. The fraction of sp³-hybridized carbons (Fsp3) is 0.100. The quantitative estimate of drug-likeness (QED) is 0.461. The minimum absolute atomic E-state index is 1.26. The molecule has 0 heterocycles. The molecule has 0 fully saturated rings. The Morgan fingerprint density at radius 1 is 0.625 bits per heavy atom. The Balaban J connectivity index is 2.33. The molecule has 3 rings (SSSR count). The van der Waals surface area contributed by atoms with Crippen LogP contribution in [0.1, 0.15) is 0 Å². The summed E-state index contributed by atoms with van der Waals surface area (Å²) in [5.41, 5.74) is 7.32. The average Bonchev–Trinajstić information content (AvgIpc) is 2.62. The molecule has 0 aliphatic heterocycles. The van der Waals surface area contributed by atoms with Crippen LogP contribution in [0, 0.1) is 0 Å². The molecule has 2 N–H and O–H groups in total. The molecule has 126 valence electrons. The number of hydrogen-bond acceptors (Lipinski definition) is 1. The third-order valence-corrected chi connectivity index (χ3v) is 11.9. The van der Waals surface area contributed by atoms with E-state index in [9.17, 15) is 0 Å². The molecule has 3 aromatic carbocycles.